The Morgan fingerprint density at radius 1 is 1.10 bits per heavy atom. The monoisotopic (exact) mass is 280 g/mol. The fraction of sp³-hybridized carbons (Fsp3) is 0.211. The molecule has 21 heavy (non-hydrogen) atoms. The number of allylic oxidation sites excluding steroid dienone is 1. The lowest BCUT2D eigenvalue weighted by molar-refractivity contribution is -0.112. The molecule has 0 radical (unpaired) electrons. The van der Waals surface area contributed by atoms with Crippen LogP contribution in [0.4, 0.5) is 0 Å². The van der Waals surface area contributed by atoms with Gasteiger partial charge in [0.2, 0.25) is 0 Å². The zero-order valence-corrected chi connectivity index (χ0v) is 12.7. The number of ketones is 1. The van der Waals surface area contributed by atoms with Crippen molar-refractivity contribution in [1.82, 2.24) is 0 Å². The van der Waals surface area contributed by atoms with Crippen molar-refractivity contribution in [1.29, 1.82) is 0 Å². The van der Waals surface area contributed by atoms with Crippen molar-refractivity contribution in [3.05, 3.63) is 70.8 Å². The van der Waals surface area contributed by atoms with E-state index in [4.69, 9.17) is 4.74 Å². The molecule has 0 bridgehead atoms. The third-order valence-corrected chi connectivity index (χ3v) is 3.39. The normalized spacial score (nSPS) is 10.8. The lowest BCUT2D eigenvalue weighted by atomic mass is 10.1. The van der Waals surface area contributed by atoms with E-state index in [1.807, 2.05) is 43.3 Å². The molecule has 2 aromatic carbocycles. The Kier molecular flexibility index (Phi) is 4.94. The van der Waals surface area contributed by atoms with Crippen LogP contribution in [0.2, 0.25) is 0 Å². The molecule has 2 nitrogen and oxygen atoms in total. The average molecular weight is 280 g/mol. The Labute approximate surface area is 126 Å². The maximum Gasteiger partial charge on any atom is 0.152 e. The van der Waals surface area contributed by atoms with E-state index < -0.39 is 0 Å². The van der Waals surface area contributed by atoms with Gasteiger partial charge in [-0.2, -0.15) is 0 Å². The summed E-state index contributed by atoms with van der Waals surface area (Å²) in [7, 11) is 0. The zero-order chi connectivity index (χ0) is 15.2. The first-order chi connectivity index (χ1) is 10.1. The van der Waals surface area contributed by atoms with Crippen LogP contribution in [-0.2, 0) is 11.4 Å². The Hall–Kier alpha value is -2.35. The average Bonchev–Trinajstić information content (AvgIpc) is 2.45. The molecule has 0 aliphatic carbocycles. The van der Waals surface area contributed by atoms with Gasteiger partial charge < -0.3 is 4.74 Å². The lowest BCUT2D eigenvalue weighted by Crippen LogP contribution is -1.98. The van der Waals surface area contributed by atoms with Crippen molar-refractivity contribution in [2.24, 2.45) is 0 Å². The minimum absolute atomic E-state index is 0.0503. The van der Waals surface area contributed by atoms with Gasteiger partial charge in [0.15, 0.2) is 5.78 Å². The zero-order valence-electron chi connectivity index (χ0n) is 12.7. The van der Waals surface area contributed by atoms with Gasteiger partial charge in [-0.05, 0) is 61.2 Å². The quantitative estimate of drug-likeness (QED) is 0.755. The third-order valence-electron chi connectivity index (χ3n) is 3.39. The van der Waals surface area contributed by atoms with Gasteiger partial charge in [0, 0.05) is 0 Å². The largest absolute Gasteiger partial charge is 0.489 e. The summed E-state index contributed by atoms with van der Waals surface area (Å²) in [5, 5.41) is 0. The van der Waals surface area contributed by atoms with E-state index >= 15 is 0 Å². The molecule has 0 aliphatic heterocycles. The van der Waals surface area contributed by atoms with Crippen molar-refractivity contribution in [2.75, 3.05) is 0 Å². The van der Waals surface area contributed by atoms with Crippen LogP contribution in [0, 0.1) is 13.8 Å². The number of hydrogen-bond acceptors (Lipinski definition) is 2. The summed E-state index contributed by atoms with van der Waals surface area (Å²) in [6.07, 6.45) is 3.42. The second kappa shape index (κ2) is 6.89. The Balaban J connectivity index is 2.07. The number of carbonyl (C=O) groups excluding carboxylic acids is 1. The topological polar surface area (TPSA) is 26.3 Å². The highest BCUT2D eigenvalue weighted by atomic mass is 16.5. The van der Waals surface area contributed by atoms with Crippen LogP contribution in [0.15, 0.2) is 48.5 Å². The van der Waals surface area contributed by atoms with Gasteiger partial charge in [0.1, 0.15) is 12.4 Å². The number of benzene rings is 2. The number of carbonyl (C=O) groups is 1. The van der Waals surface area contributed by atoms with Gasteiger partial charge in [0.05, 0.1) is 0 Å². The lowest BCUT2D eigenvalue weighted by Gasteiger charge is -2.10. The minimum Gasteiger partial charge on any atom is -0.489 e. The van der Waals surface area contributed by atoms with Gasteiger partial charge in [-0.25, -0.2) is 0 Å². The highest BCUT2D eigenvalue weighted by Crippen LogP contribution is 2.20. The molecular weight excluding hydrogens is 260 g/mol. The first-order valence-corrected chi connectivity index (χ1v) is 7.03. The molecule has 0 heterocycles. The molecule has 0 aliphatic rings. The van der Waals surface area contributed by atoms with Crippen molar-refractivity contribution in [2.45, 2.75) is 27.4 Å². The third kappa shape index (κ3) is 4.32. The summed E-state index contributed by atoms with van der Waals surface area (Å²) in [5.41, 5.74) is 4.55. The Bertz CT molecular complexity index is 669. The van der Waals surface area contributed by atoms with Crippen LogP contribution in [-0.4, -0.2) is 5.78 Å². The van der Waals surface area contributed by atoms with Crippen LogP contribution in [0.3, 0.4) is 0 Å². The predicted octanol–water partition coefficient (Wildman–Crippen LogP) is 4.48. The van der Waals surface area contributed by atoms with E-state index in [9.17, 15) is 4.79 Å². The number of hydrogen-bond donors (Lipinski definition) is 0. The van der Waals surface area contributed by atoms with Gasteiger partial charge in [-0.15, -0.1) is 0 Å². The molecule has 2 heteroatoms. The SMILES string of the molecule is CC(=O)C=Cc1ccc(OCc2ccccc2C)cc1C. The van der Waals surface area contributed by atoms with Gasteiger partial charge in [-0.1, -0.05) is 36.4 Å². The predicted molar refractivity (Wildman–Crippen MR) is 86.4 cm³/mol. The van der Waals surface area contributed by atoms with E-state index in [0.717, 1.165) is 16.9 Å². The van der Waals surface area contributed by atoms with Crippen LogP contribution in [0.25, 0.3) is 6.08 Å². The molecule has 0 fully saturated rings. The van der Waals surface area contributed by atoms with E-state index in [2.05, 4.69) is 19.1 Å². The fourth-order valence-electron chi connectivity index (χ4n) is 2.07. The number of ether oxygens (including phenoxy) is 1. The summed E-state index contributed by atoms with van der Waals surface area (Å²) in [5.74, 6) is 0.894. The van der Waals surface area contributed by atoms with Crippen molar-refractivity contribution >= 4 is 11.9 Å². The van der Waals surface area contributed by atoms with Crippen LogP contribution in [0.1, 0.15) is 29.2 Å². The first kappa shape index (κ1) is 15.0. The van der Waals surface area contributed by atoms with Crippen molar-refractivity contribution < 1.29 is 9.53 Å². The number of rotatable bonds is 5. The Morgan fingerprint density at radius 2 is 1.86 bits per heavy atom. The molecule has 108 valence electrons. The molecule has 0 N–H and O–H groups in total. The van der Waals surface area contributed by atoms with Gasteiger partial charge >= 0.3 is 0 Å². The first-order valence-electron chi connectivity index (χ1n) is 7.03. The highest BCUT2D eigenvalue weighted by Gasteiger charge is 2.01. The summed E-state index contributed by atoms with van der Waals surface area (Å²) in [6.45, 7) is 6.21. The molecule has 0 aromatic heterocycles. The number of aryl methyl sites for hydroxylation is 2. The molecule has 0 atom stereocenters. The smallest absolute Gasteiger partial charge is 0.152 e. The molecule has 2 rings (SSSR count). The molecule has 0 spiro atoms. The van der Waals surface area contributed by atoms with E-state index in [-0.39, 0.29) is 5.78 Å². The van der Waals surface area contributed by atoms with Gasteiger partial charge in [-0.3, -0.25) is 4.79 Å². The summed E-state index contributed by atoms with van der Waals surface area (Å²) >= 11 is 0. The molecule has 0 amide bonds. The maximum atomic E-state index is 11.0. The Morgan fingerprint density at radius 3 is 2.52 bits per heavy atom. The minimum atomic E-state index is 0.0503. The van der Waals surface area contributed by atoms with Crippen LogP contribution < -0.4 is 4.74 Å². The summed E-state index contributed by atoms with van der Waals surface area (Å²) in [6, 6.07) is 14.1. The standard InChI is InChI=1S/C19H20O2/c1-14-6-4-5-7-18(14)13-21-19-11-10-17(15(2)12-19)9-8-16(3)20/h4-12H,13H2,1-3H3. The van der Waals surface area contributed by atoms with Crippen molar-refractivity contribution in [3.63, 3.8) is 0 Å². The van der Waals surface area contributed by atoms with Crippen LogP contribution in [0.5, 0.6) is 5.75 Å². The maximum absolute atomic E-state index is 11.0. The van der Waals surface area contributed by atoms with E-state index in [0.29, 0.717) is 6.61 Å². The van der Waals surface area contributed by atoms with Crippen LogP contribution >= 0.6 is 0 Å². The van der Waals surface area contributed by atoms with E-state index in [1.54, 1.807) is 13.0 Å². The van der Waals surface area contributed by atoms with Gasteiger partial charge in [0.25, 0.3) is 0 Å². The second-order valence-electron chi connectivity index (χ2n) is 5.18. The highest BCUT2D eigenvalue weighted by molar-refractivity contribution is 5.91. The molecular formula is C19H20O2. The van der Waals surface area contributed by atoms with E-state index in [1.165, 1.54) is 11.1 Å². The molecule has 2 aromatic rings. The summed E-state index contributed by atoms with van der Waals surface area (Å²) in [4.78, 5) is 11.0. The second-order valence-corrected chi connectivity index (χ2v) is 5.18. The summed E-state index contributed by atoms with van der Waals surface area (Å²) < 4.78 is 5.84. The molecule has 0 unspecified atom stereocenters. The van der Waals surface area contributed by atoms with Crippen molar-refractivity contribution in [3.8, 4) is 5.75 Å². The molecule has 0 saturated heterocycles. The molecule has 0 saturated carbocycles. The fourth-order valence-corrected chi connectivity index (χ4v) is 2.07.